The van der Waals surface area contributed by atoms with E-state index in [2.05, 4.69) is 20.5 Å². The maximum absolute atomic E-state index is 12.2. The van der Waals surface area contributed by atoms with E-state index in [0.29, 0.717) is 10.7 Å². The Bertz CT molecular complexity index is 903. The van der Waals surface area contributed by atoms with Crippen molar-refractivity contribution in [2.45, 2.75) is 24.3 Å². The van der Waals surface area contributed by atoms with Crippen molar-refractivity contribution in [3.05, 3.63) is 53.6 Å². The summed E-state index contributed by atoms with van der Waals surface area (Å²) in [5, 5.41) is 14.0. The summed E-state index contributed by atoms with van der Waals surface area (Å²) >= 11 is 1.33. The van der Waals surface area contributed by atoms with Gasteiger partial charge in [0.2, 0.25) is 0 Å². The van der Waals surface area contributed by atoms with Crippen molar-refractivity contribution in [2.24, 2.45) is 5.10 Å². The number of imidazole rings is 1. The van der Waals surface area contributed by atoms with Crippen molar-refractivity contribution < 1.29 is 9.90 Å². The molecule has 0 radical (unpaired) electrons. The van der Waals surface area contributed by atoms with Crippen molar-refractivity contribution in [1.82, 2.24) is 15.4 Å². The molecule has 1 atom stereocenters. The summed E-state index contributed by atoms with van der Waals surface area (Å²) in [6.07, 6.45) is 1.43. The number of H-pyrrole nitrogens is 1. The lowest BCUT2D eigenvalue weighted by molar-refractivity contribution is -0.120. The van der Waals surface area contributed by atoms with Crippen molar-refractivity contribution >= 4 is 34.9 Å². The highest BCUT2D eigenvalue weighted by atomic mass is 32.2. The van der Waals surface area contributed by atoms with E-state index in [0.717, 1.165) is 16.6 Å². The number of phenolic OH excluding ortho intramolecular Hbond substituents is 1. The van der Waals surface area contributed by atoms with Crippen molar-refractivity contribution in [3.8, 4) is 5.75 Å². The number of para-hydroxylation sites is 2. The van der Waals surface area contributed by atoms with Gasteiger partial charge in [-0.3, -0.25) is 4.79 Å². The maximum Gasteiger partial charge on any atom is 0.253 e. The van der Waals surface area contributed by atoms with E-state index in [-0.39, 0.29) is 16.9 Å². The summed E-state index contributed by atoms with van der Waals surface area (Å²) < 4.78 is 0. The topological polar surface area (TPSA) is 90.4 Å². The fourth-order valence-corrected chi connectivity index (χ4v) is 3.05. The predicted molar refractivity (Wildman–Crippen MR) is 100.0 cm³/mol. The van der Waals surface area contributed by atoms with Gasteiger partial charge in [-0.2, -0.15) is 5.10 Å². The number of carbonyl (C=O) groups is 1. The van der Waals surface area contributed by atoms with E-state index in [9.17, 15) is 9.90 Å². The lowest BCUT2D eigenvalue weighted by atomic mass is 10.1. The van der Waals surface area contributed by atoms with E-state index in [1.165, 1.54) is 18.0 Å². The molecule has 1 heterocycles. The summed E-state index contributed by atoms with van der Waals surface area (Å²) in [5.41, 5.74) is 5.84. The number of hydrogen-bond acceptors (Lipinski definition) is 5. The van der Waals surface area contributed by atoms with Gasteiger partial charge in [-0.15, -0.1) is 0 Å². The molecular weight excluding hydrogens is 336 g/mol. The molecule has 3 aromatic rings. The van der Waals surface area contributed by atoms with Gasteiger partial charge in [0.1, 0.15) is 5.75 Å². The number of aromatic hydroxyl groups is 1. The van der Waals surface area contributed by atoms with E-state index in [1.54, 1.807) is 25.1 Å². The molecule has 1 unspecified atom stereocenters. The van der Waals surface area contributed by atoms with Gasteiger partial charge in [0.05, 0.1) is 22.5 Å². The number of fused-ring (bicyclic) bond motifs is 1. The van der Waals surface area contributed by atoms with Crippen LogP contribution in [0, 0.1) is 6.92 Å². The van der Waals surface area contributed by atoms with Crippen LogP contribution in [-0.4, -0.2) is 32.4 Å². The minimum atomic E-state index is -0.371. The van der Waals surface area contributed by atoms with Crippen molar-refractivity contribution in [2.75, 3.05) is 0 Å². The molecule has 0 saturated heterocycles. The van der Waals surface area contributed by atoms with E-state index < -0.39 is 0 Å². The summed E-state index contributed by atoms with van der Waals surface area (Å²) in [6.45, 7) is 3.70. The van der Waals surface area contributed by atoms with Gasteiger partial charge in [-0.05, 0) is 38.1 Å². The molecule has 25 heavy (non-hydrogen) atoms. The first kappa shape index (κ1) is 17.0. The lowest BCUT2D eigenvalue weighted by Crippen LogP contribution is -2.26. The third-order valence-electron chi connectivity index (χ3n) is 3.59. The highest BCUT2D eigenvalue weighted by molar-refractivity contribution is 8.00. The van der Waals surface area contributed by atoms with Crippen LogP contribution in [0.5, 0.6) is 5.75 Å². The number of hydrogen-bond donors (Lipinski definition) is 3. The second-order valence-electron chi connectivity index (χ2n) is 5.62. The molecule has 3 rings (SSSR count). The van der Waals surface area contributed by atoms with Crippen LogP contribution in [0.15, 0.2) is 52.7 Å². The molecule has 6 nitrogen and oxygen atoms in total. The number of rotatable bonds is 5. The van der Waals surface area contributed by atoms with Crippen LogP contribution >= 0.6 is 11.8 Å². The number of aromatic nitrogens is 2. The molecule has 0 aliphatic heterocycles. The van der Waals surface area contributed by atoms with Gasteiger partial charge in [-0.25, -0.2) is 10.4 Å². The zero-order valence-electron chi connectivity index (χ0n) is 13.9. The second kappa shape index (κ2) is 7.40. The number of nitrogens with one attached hydrogen (secondary N) is 2. The average molecular weight is 354 g/mol. The molecule has 0 spiro atoms. The number of carbonyl (C=O) groups excluding carboxylic acids is 1. The number of amides is 1. The quantitative estimate of drug-likeness (QED) is 0.373. The average Bonchev–Trinajstić information content (AvgIpc) is 3.00. The number of nitrogens with zero attached hydrogens (tertiary/aromatic N) is 2. The summed E-state index contributed by atoms with van der Waals surface area (Å²) in [4.78, 5) is 19.8. The Labute approximate surface area is 149 Å². The number of aryl methyl sites for hydroxylation is 1. The van der Waals surface area contributed by atoms with Crippen LogP contribution in [0.4, 0.5) is 0 Å². The van der Waals surface area contributed by atoms with Gasteiger partial charge in [0, 0.05) is 5.56 Å². The normalized spacial score (nSPS) is 12.6. The highest BCUT2D eigenvalue weighted by Crippen LogP contribution is 2.23. The lowest BCUT2D eigenvalue weighted by Gasteiger charge is -2.07. The predicted octanol–water partition coefficient (Wildman–Crippen LogP) is 3.21. The van der Waals surface area contributed by atoms with Crippen LogP contribution in [0.1, 0.15) is 18.1 Å². The Balaban J connectivity index is 1.60. The Morgan fingerprint density at radius 1 is 1.36 bits per heavy atom. The maximum atomic E-state index is 12.2. The number of aromatic amines is 1. The third-order valence-corrected chi connectivity index (χ3v) is 4.57. The van der Waals surface area contributed by atoms with Gasteiger partial charge in [0.25, 0.3) is 5.91 Å². The van der Waals surface area contributed by atoms with E-state index in [4.69, 9.17) is 0 Å². The summed E-state index contributed by atoms with van der Waals surface area (Å²) in [6, 6.07) is 12.9. The Kier molecular flexibility index (Phi) is 5.04. The molecule has 1 aromatic heterocycles. The SMILES string of the molecule is Cc1ccc(O)c(/C=N/NC(=O)C(C)Sc2nc3ccccc3[nH]2)c1. The first-order valence-electron chi connectivity index (χ1n) is 7.77. The van der Waals surface area contributed by atoms with Crippen molar-refractivity contribution in [3.63, 3.8) is 0 Å². The highest BCUT2D eigenvalue weighted by Gasteiger charge is 2.16. The number of benzene rings is 2. The van der Waals surface area contributed by atoms with E-state index in [1.807, 2.05) is 31.2 Å². The second-order valence-corrected chi connectivity index (χ2v) is 6.95. The molecule has 2 aromatic carbocycles. The Morgan fingerprint density at radius 2 is 2.16 bits per heavy atom. The van der Waals surface area contributed by atoms with Gasteiger partial charge in [0.15, 0.2) is 5.16 Å². The minimum absolute atomic E-state index is 0.119. The molecular formula is C18H18N4O2S. The fraction of sp³-hybridized carbons (Fsp3) is 0.167. The molecule has 0 bridgehead atoms. The molecule has 0 aliphatic carbocycles. The standard InChI is InChI=1S/C18H18N4O2S/c1-11-7-8-16(23)13(9-11)10-19-22-17(24)12(2)25-18-20-14-5-3-4-6-15(14)21-18/h3-10,12,23H,1-2H3,(H,20,21)(H,22,24)/b19-10+. The molecule has 0 aliphatic rings. The smallest absolute Gasteiger partial charge is 0.253 e. The van der Waals surface area contributed by atoms with Gasteiger partial charge in [-0.1, -0.05) is 35.5 Å². The zero-order valence-corrected chi connectivity index (χ0v) is 14.7. The number of thioether (sulfide) groups is 1. The van der Waals surface area contributed by atoms with Crippen LogP contribution < -0.4 is 5.43 Å². The van der Waals surface area contributed by atoms with Gasteiger partial charge < -0.3 is 10.1 Å². The zero-order chi connectivity index (χ0) is 17.8. The van der Waals surface area contributed by atoms with Gasteiger partial charge >= 0.3 is 0 Å². The number of hydrazone groups is 1. The van der Waals surface area contributed by atoms with E-state index >= 15 is 0 Å². The monoisotopic (exact) mass is 354 g/mol. The third kappa shape index (κ3) is 4.19. The Hall–Kier alpha value is -2.80. The molecule has 0 fully saturated rings. The van der Waals surface area contributed by atoms with Crippen molar-refractivity contribution in [1.29, 1.82) is 0 Å². The largest absolute Gasteiger partial charge is 0.507 e. The molecule has 0 saturated carbocycles. The molecule has 7 heteroatoms. The molecule has 3 N–H and O–H groups in total. The fourth-order valence-electron chi connectivity index (χ4n) is 2.24. The Morgan fingerprint density at radius 3 is 2.96 bits per heavy atom. The van der Waals surface area contributed by atoms with Crippen LogP contribution in [-0.2, 0) is 4.79 Å². The first-order chi connectivity index (χ1) is 12.0. The summed E-state index contributed by atoms with van der Waals surface area (Å²) in [7, 11) is 0. The summed E-state index contributed by atoms with van der Waals surface area (Å²) in [5.74, 6) is -0.123. The number of phenols is 1. The molecule has 128 valence electrons. The van der Waals surface area contributed by atoms with Crippen LogP contribution in [0.2, 0.25) is 0 Å². The minimum Gasteiger partial charge on any atom is -0.507 e. The van der Waals surface area contributed by atoms with Crippen LogP contribution in [0.3, 0.4) is 0 Å². The first-order valence-corrected chi connectivity index (χ1v) is 8.65. The van der Waals surface area contributed by atoms with Crippen LogP contribution in [0.25, 0.3) is 11.0 Å². The molecule has 1 amide bonds.